The lowest BCUT2D eigenvalue weighted by molar-refractivity contribution is -0.144. The summed E-state index contributed by atoms with van der Waals surface area (Å²) >= 11 is 0. The second-order valence-corrected chi connectivity index (χ2v) is 4.07. The summed E-state index contributed by atoms with van der Waals surface area (Å²) in [6.45, 7) is 5.52. The normalized spacial score (nSPS) is 10.1. The molecule has 0 radical (unpaired) electrons. The molecule has 0 aliphatic heterocycles. The third kappa shape index (κ3) is 6.43. The monoisotopic (exact) mass is 228 g/mol. The number of primary amides is 1. The molecule has 0 saturated heterocycles. The van der Waals surface area contributed by atoms with Crippen molar-refractivity contribution < 1.29 is 9.59 Å². The second-order valence-electron chi connectivity index (χ2n) is 4.07. The highest BCUT2D eigenvalue weighted by molar-refractivity contribution is 6.34. The van der Waals surface area contributed by atoms with E-state index in [1.165, 1.54) is 0 Å². The van der Waals surface area contributed by atoms with Crippen LogP contribution in [0.25, 0.3) is 0 Å². The van der Waals surface area contributed by atoms with Gasteiger partial charge in [0.2, 0.25) is 0 Å². The van der Waals surface area contributed by atoms with Gasteiger partial charge in [-0.05, 0) is 12.8 Å². The van der Waals surface area contributed by atoms with Crippen LogP contribution in [0.5, 0.6) is 0 Å². The molecule has 0 aromatic heterocycles. The summed E-state index contributed by atoms with van der Waals surface area (Å²) in [7, 11) is 0. The van der Waals surface area contributed by atoms with Gasteiger partial charge in [-0.15, -0.1) is 0 Å². The first-order chi connectivity index (χ1) is 7.63. The first-order valence-electron chi connectivity index (χ1n) is 6.22. The van der Waals surface area contributed by atoms with E-state index in [9.17, 15) is 9.59 Å². The Labute approximate surface area is 98.2 Å². The van der Waals surface area contributed by atoms with Crippen LogP contribution in [0.15, 0.2) is 0 Å². The molecule has 4 nitrogen and oxygen atoms in total. The molecule has 16 heavy (non-hydrogen) atoms. The van der Waals surface area contributed by atoms with Crippen molar-refractivity contribution in [1.29, 1.82) is 0 Å². The fourth-order valence-electron chi connectivity index (χ4n) is 1.58. The number of unbranched alkanes of at least 4 members (excludes halogenated alkanes) is 4. The molecule has 0 atom stereocenters. The molecular formula is C12H24N2O2. The summed E-state index contributed by atoms with van der Waals surface area (Å²) in [5.41, 5.74) is 5.02. The molecule has 0 fully saturated rings. The zero-order valence-electron chi connectivity index (χ0n) is 10.5. The first-order valence-corrected chi connectivity index (χ1v) is 6.22. The van der Waals surface area contributed by atoms with Crippen LogP contribution in [0.1, 0.15) is 52.4 Å². The van der Waals surface area contributed by atoms with Gasteiger partial charge in [0.05, 0.1) is 0 Å². The van der Waals surface area contributed by atoms with Gasteiger partial charge in [-0.1, -0.05) is 39.5 Å². The fourth-order valence-corrected chi connectivity index (χ4v) is 1.58. The molecule has 0 unspecified atom stereocenters. The van der Waals surface area contributed by atoms with Gasteiger partial charge in [0, 0.05) is 13.1 Å². The Morgan fingerprint density at radius 3 is 1.69 bits per heavy atom. The Hall–Kier alpha value is -1.06. The summed E-state index contributed by atoms with van der Waals surface area (Å²) in [6, 6.07) is 0. The Morgan fingerprint density at radius 2 is 1.38 bits per heavy atom. The van der Waals surface area contributed by atoms with Crippen LogP contribution in [0.2, 0.25) is 0 Å². The summed E-state index contributed by atoms with van der Waals surface area (Å²) < 4.78 is 0. The molecule has 4 heteroatoms. The third-order valence-electron chi connectivity index (χ3n) is 2.56. The smallest absolute Gasteiger partial charge is 0.311 e. The van der Waals surface area contributed by atoms with E-state index in [1.54, 1.807) is 4.90 Å². The van der Waals surface area contributed by atoms with Gasteiger partial charge < -0.3 is 10.6 Å². The molecule has 0 aromatic carbocycles. The Morgan fingerprint density at radius 1 is 0.938 bits per heavy atom. The maximum Gasteiger partial charge on any atom is 0.311 e. The van der Waals surface area contributed by atoms with E-state index < -0.39 is 11.8 Å². The average Bonchev–Trinajstić information content (AvgIpc) is 2.26. The van der Waals surface area contributed by atoms with Crippen molar-refractivity contribution in [1.82, 2.24) is 4.90 Å². The van der Waals surface area contributed by atoms with Crippen LogP contribution in [-0.2, 0) is 9.59 Å². The second kappa shape index (κ2) is 9.19. The summed E-state index contributed by atoms with van der Waals surface area (Å²) in [6.07, 6.45) is 6.26. The number of amides is 2. The van der Waals surface area contributed by atoms with Gasteiger partial charge in [0.25, 0.3) is 0 Å². The highest BCUT2D eigenvalue weighted by atomic mass is 16.2. The lowest BCUT2D eigenvalue weighted by Crippen LogP contribution is -2.41. The molecule has 0 spiro atoms. The maximum atomic E-state index is 11.5. The fraction of sp³-hybridized carbons (Fsp3) is 0.833. The quantitative estimate of drug-likeness (QED) is 0.507. The van der Waals surface area contributed by atoms with Crippen molar-refractivity contribution in [3.05, 3.63) is 0 Å². The number of nitrogens with zero attached hydrogens (tertiary/aromatic N) is 1. The number of rotatable bonds is 8. The molecule has 0 saturated carbocycles. The van der Waals surface area contributed by atoms with E-state index in [0.717, 1.165) is 38.5 Å². The molecule has 2 amide bonds. The van der Waals surface area contributed by atoms with E-state index in [4.69, 9.17) is 5.73 Å². The zero-order valence-corrected chi connectivity index (χ0v) is 10.5. The average molecular weight is 228 g/mol. The SMILES string of the molecule is CCCCCN(CCCCC)C(=O)C(N)=O. The number of hydrogen-bond donors (Lipinski definition) is 1. The molecule has 0 aliphatic carbocycles. The summed E-state index contributed by atoms with van der Waals surface area (Å²) in [4.78, 5) is 23.9. The molecule has 0 heterocycles. The van der Waals surface area contributed by atoms with Gasteiger partial charge in [-0.3, -0.25) is 9.59 Å². The lowest BCUT2D eigenvalue weighted by Gasteiger charge is -2.20. The number of carbonyl (C=O) groups is 2. The standard InChI is InChI=1S/C12H24N2O2/c1-3-5-7-9-14(10-8-6-4-2)12(16)11(13)15/h3-10H2,1-2H3,(H2,13,15). The summed E-state index contributed by atoms with van der Waals surface area (Å²) in [5.74, 6) is -1.37. The number of nitrogens with two attached hydrogens (primary N) is 1. The van der Waals surface area contributed by atoms with E-state index in [1.807, 2.05) is 0 Å². The highest BCUT2D eigenvalue weighted by Crippen LogP contribution is 2.03. The van der Waals surface area contributed by atoms with Crippen LogP contribution < -0.4 is 5.73 Å². The van der Waals surface area contributed by atoms with Gasteiger partial charge in [-0.25, -0.2) is 0 Å². The lowest BCUT2D eigenvalue weighted by atomic mass is 10.2. The molecule has 0 bridgehead atoms. The summed E-state index contributed by atoms with van der Waals surface area (Å²) in [5, 5.41) is 0. The van der Waals surface area contributed by atoms with Crippen LogP contribution in [-0.4, -0.2) is 29.8 Å². The largest absolute Gasteiger partial charge is 0.361 e. The van der Waals surface area contributed by atoms with E-state index in [2.05, 4.69) is 13.8 Å². The number of hydrogen-bond acceptors (Lipinski definition) is 2. The minimum atomic E-state index is -0.840. The molecular weight excluding hydrogens is 204 g/mol. The van der Waals surface area contributed by atoms with Crippen LogP contribution in [0.4, 0.5) is 0 Å². The van der Waals surface area contributed by atoms with Crippen molar-refractivity contribution in [3.8, 4) is 0 Å². The predicted octanol–water partition coefficient (Wildman–Crippen LogP) is 1.68. The van der Waals surface area contributed by atoms with Crippen LogP contribution in [0, 0.1) is 0 Å². The van der Waals surface area contributed by atoms with Gasteiger partial charge in [0.15, 0.2) is 0 Å². The molecule has 0 aromatic rings. The zero-order chi connectivity index (χ0) is 12.4. The Kier molecular flexibility index (Phi) is 8.58. The molecule has 2 N–H and O–H groups in total. The van der Waals surface area contributed by atoms with E-state index >= 15 is 0 Å². The van der Waals surface area contributed by atoms with Crippen LogP contribution in [0.3, 0.4) is 0 Å². The van der Waals surface area contributed by atoms with Gasteiger partial charge in [-0.2, -0.15) is 0 Å². The molecule has 0 rings (SSSR count). The predicted molar refractivity (Wildman–Crippen MR) is 64.8 cm³/mol. The van der Waals surface area contributed by atoms with Crippen molar-refractivity contribution in [2.24, 2.45) is 5.73 Å². The van der Waals surface area contributed by atoms with Crippen molar-refractivity contribution in [3.63, 3.8) is 0 Å². The minimum absolute atomic E-state index is 0.535. The minimum Gasteiger partial charge on any atom is -0.361 e. The van der Waals surface area contributed by atoms with Crippen molar-refractivity contribution >= 4 is 11.8 Å². The van der Waals surface area contributed by atoms with Crippen LogP contribution >= 0.6 is 0 Å². The van der Waals surface area contributed by atoms with Crippen molar-refractivity contribution in [2.75, 3.05) is 13.1 Å². The third-order valence-corrected chi connectivity index (χ3v) is 2.56. The molecule has 0 aliphatic rings. The van der Waals surface area contributed by atoms with Gasteiger partial charge in [0.1, 0.15) is 0 Å². The maximum absolute atomic E-state index is 11.5. The first kappa shape index (κ1) is 14.9. The Bertz CT molecular complexity index is 207. The topological polar surface area (TPSA) is 63.4 Å². The highest BCUT2D eigenvalue weighted by Gasteiger charge is 2.17. The number of carbonyl (C=O) groups excluding carboxylic acids is 2. The Balaban J connectivity index is 4.05. The van der Waals surface area contributed by atoms with E-state index in [-0.39, 0.29) is 0 Å². The van der Waals surface area contributed by atoms with Crippen molar-refractivity contribution in [2.45, 2.75) is 52.4 Å². The van der Waals surface area contributed by atoms with E-state index in [0.29, 0.717) is 13.1 Å². The van der Waals surface area contributed by atoms with Gasteiger partial charge >= 0.3 is 11.8 Å². The molecule has 94 valence electrons.